The van der Waals surface area contributed by atoms with Gasteiger partial charge in [0.25, 0.3) is 5.91 Å². The predicted molar refractivity (Wildman–Crippen MR) is 121 cm³/mol. The quantitative estimate of drug-likeness (QED) is 0.610. The third-order valence-corrected chi connectivity index (χ3v) is 6.64. The molecule has 1 aliphatic rings. The number of carbonyl (C=O) groups is 2. The first kappa shape index (κ1) is 21.4. The van der Waals surface area contributed by atoms with Crippen LogP contribution in [0.3, 0.4) is 0 Å². The number of benzene rings is 1. The normalized spacial score (nSPS) is 14.5. The Morgan fingerprint density at radius 2 is 1.97 bits per heavy atom. The highest BCUT2D eigenvalue weighted by atomic mass is 32.1. The molecule has 0 bridgehead atoms. The molecule has 0 unspecified atom stereocenters. The fourth-order valence-electron chi connectivity index (χ4n) is 3.63. The number of amides is 1. The number of hydrogen-bond donors (Lipinski definition) is 1. The average molecular weight is 440 g/mol. The lowest BCUT2D eigenvalue weighted by molar-refractivity contribution is 0.0337. The SMILES string of the molecule is COC(=O)c1sc2nc(CN3CCOCC3)ccc2c1NC(=O)c1cccc(C)c1C. The number of aromatic nitrogens is 1. The van der Waals surface area contributed by atoms with Crippen molar-refractivity contribution in [2.75, 3.05) is 38.7 Å². The molecule has 0 radical (unpaired) electrons. The Kier molecular flexibility index (Phi) is 6.31. The number of hydrogen-bond acceptors (Lipinski definition) is 7. The number of methoxy groups -OCH3 is 1. The molecular weight excluding hydrogens is 414 g/mol. The second kappa shape index (κ2) is 9.13. The van der Waals surface area contributed by atoms with E-state index in [0.29, 0.717) is 21.0 Å². The molecule has 31 heavy (non-hydrogen) atoms. The van der Waals surface area contributed by atoms with Crippen molar-refractivity contribution in [1.29, 1.82) is 0 Å². The van der Waals surface area contributed by atoms with E-state index in [9.17, 15) is 9.59 Å². The number of nitrogens with one attached hydrogen (secondary N) is 1. The molecule has 0 spiro atoms. The van der Waals surface area contributed by atoms with Crippen molar-refractivity contribution < 1.29 is 19.1 Å². The standard InChI is InChI=1S/C23H25N3O4S/c1-14-5-4-6-17(15(14)2)21(27)25-19-18-8-7-16(13-26-9-11-30-12-10-26)24-22(18)31-20(19)23(28)29-3/h4-8H,9-13H2,1-3H3,(H,25,27). The van der Waals surface area contributed by atoms with Crippen LogP contribution in [-0.4, -0.2) is 55.2 Å². The molecule has 1 aliphatic heterocycles. The summed E-state index contributed by atoms with van der Waals surface area (Å²) in [6.45, 7) is 7.78. The first-order valence-corrected chi connectivity index (χ1v) is 11.0. The number of aryl methyl sites for hydroxylation is 1. The van der Waals surface area contributed by atoms with E-state index in [0.717, 1.165) is 55.1 Å². The van der Waals surface area contributed by atoms with Crippen molar-refractivity contribution in [2.24, 2.45) is 0 Å². The fourth-order valence-corrected chi connectivity index (χ4v) is 4.70. The monoisotopic (exact) mass is 439 g/mol. The molecule has 4 rings (SSSR count). The molecule has 2 aromatic heterocycles. The van der Waals surface area contributed by atoms with Crippen LogP contribution in [-0.2, 0) is 16.0 Å². The van der Waals surface area contributed by atoms with Crippen molar-refractivity contribution >= 4 is 39.1 Å². The minimum absolute atomic E-state index is 0.261. The maximum Gasteiger partial charge on any atom is 0.350 e. The summed E-state index contributed by atoms with van der Waals surface area (Å²) in [4.78, 5) is 33.5. The highest BCUT2D eigenvalue weighted by molar-refractivity contribution is 7.21. The number of morpholine rings is 1. The average Bonchev–Trinajstić information content (AvgIpc) is 3.13. The van der Waals surface area contributed by atoms with Crippen molar-refractivity contribution in [3.63, 3.8) is 0 Å². The van der Waals surface area contributed by atoms with E-state index in [4.69, 9.17) is 14.5 Å². The van der Waals surface area contributed by atoms with Gasteiger partial charge in [-0.15, -0.1) is 11.3 Å². The Balaban J connectivity index is 1.68. The van der Waals surface area contributed by atoms with E-state index in [1.54, 1.807) is 6.07 Å². The Labute approximate surface area is 185 Å². The van der Waals surface area contributed by atoms with E-state index in [-0.39, 0.29) is 5.91 Å². The minimum atomic E-state index is -0.492. The molecule has 0 aliphatic carbocycles. The van der Waals surface area contributed by atoms with Crippen molar-refractivity contribution in [1.82, 2.24) is 9.88 Å². The molecule has 1 saturated heterocycles. The number of rotatable bonds is 5. The predicted octanol–water partition coefficient (Wildman–Crippen LogP) is 3.78. The summed E-state index contributed by atoms with van der Waals surface area (Å²) in [6, 6.07) is 9.46. The zero-order chi connectivity index (χ0) is 22.0. The van der Waals surface area contributed by atoms with Crippen LogP contribution in [0.5, 0.6) is 0 Å². The van der Waals surface area contributed by atoms with E-state index >= 15 is 0 Å². The molecule has 7 nitrogen and oxygen atoms in total. The molecule has 1 amide bonds. The maximum atomic E-state index is 13.0. The van der Waals surface area contributed by atoms with Crippen LogP contribution in [0.25, 0.3) is 10.2 Å². The lowest BCUT2D eigenvalue weighted by Gasteiger charge is -2.26. The van der Waals surface area contributed by atoms with Gasteiger partial charge in [-0.3, -0.25) is 9.69 Å². The lowest BCUT2D eigenvalue weighted by Crippen LogP contribution is -2.35. The fraction of sp³-hybridized carbons (Fsp3) is 0.348. The number of nitrogens with zero attached hydrogens (tertiary/aromatic N) is 2. The largest absolute Gasteiger partial charge is 0.465 e. The van der Waals surface area contributed by atoms with Crippen molar-refractivity contribution in [3.8, 4) is 0 Å². The summed E-state index contributed by atoms with van der Waals surface area (Å²) in [6.07, 6.45) is 0. The van der Waals surface area contributed by atoms with Crippen LogP contribution in [0.4, 0.5) is 5.69 Å². The van der Waals surface area contributed by atoms with Crippen LogP contribution in [0.2, 0.25) is 0 Å². The van der Waals surface area contributed by atoms with Gasteiger partial charge < -0.3 is 14.8 Å². The van der Waals surface area contributed by atoms with E-state index in [1.807, 2.05) is 38.1 Å². The van der Waals surface area contributed by atoms with Crippen molar-refractivity contribution in [3.05, 3.63) is 57.6 Å². The van der Waals surface area contributed by atoms with E-state index in [1.165, 1.54) is 18.4 Å². The summed E-state index contributed by atoms with van der Waals surface area (Å²) < 4.78 is 10.4. The van der Waals surface area contributed by atoms with Gasteiger partial charge in [0.15, 0.2) is 0 Å². The van der Waals surface area contributed by atoms with Gasteiger partial charge in [-0.25, -0.2) is 9.78 Å². The van der Waals surface area contributed by atoms with Gasteiger partial charge in [0.1, 0.15) is 9.71 Å². The van der Waals surface area contributed by atoms with Crippen LogP contribution < -0.4 is 5.32 Å². The number of esters is 1. The first-order valence-electron chi connectivity index (χ1n) is 10.2. The molecule has 3 aromatic rings. The molecule has 1 aromatic carbocycles. The van der Waals surface area contributed by atoms with Gasteiger partial charge in [0, 0.05) is 30.6 Å². The van der Waals surface area contributed by atoms with Gasteiger partial charge in [-0.05, 0) is 43.2 Å². The van der Waals surface area contributed by atoms with Gasteiger partial charge in [0.05, 0.1) is 31.7 Å². The highest BCUT2D eigenvalue weighted by Gasteiger charge is 2.23. The Morgan fingerprint density at radius 1 is 1.19 bits per heavy atom. The van der Waals surface area contributed by atoms with Gasteiger partial charge >= 0.3 is 5.97 Å². The third kappa shape index (κ3) is 4.46. The number of fused-ring (bicyclic) bond motifs is 1. The van der Waals surface area contributed by atoms with E-state index in [2.05, 4.69) is 10.2 Å². The molecule has 3 heterocycles. The van der Waals surface area contributed by atoms with Gasteiger partial charge in [-0.1, -0.05) is 12.1 Å². The second-order valence-corrected chi connectivity index (χ2v) is 8.54. The summed E-state index contributed by atoms with van der Waals surface area (Å²) in [7, 11) is 1.33. The first-order chi connectivity index (χ1) is 15.0. The molecule has 1 fully saturated rings. The molecular formula is C23H25N3O4S. The molecule has 8 heteroatoms. The van der Waals surface area contributed by atoms with E-state index < -0.39 is 5.97 Å². The molecule has 0 saturated carbocycles. The van der Waals surface area contributed by atoms with Gasteiger partial charge in [-0.2, -0.15) is 0 Å². The number of anilines is 1. The summed E-state index contributed by atoms with van der Waals surface area (Å²) >= 11 is 1.23. The second-order valence-electron chi connectivity index (χ2n) is 7.54. The highest BCUT2D eigenvalue weighted by Crippen LogP contribution is 2.36. The van der Waals surface area contributed by atoms with Crippen LogP contribution >= 0.6 is 11.3 Å². The van der Waals surface area contributed by atoms with Gasteiger partial charge in [0.2, 0.25) is 0 Å². The molecule has 0 atom stereocenters. The molecule has 1 N–H and O–H groups in total. The zero-order valence-electron chi connectivity index (χ0n) is 17.9. The number of carbonyl (C=O) groups excluding carboxylic acids is 2. The summed E-state index contributed by atoms with van der Waals surface area (Å²) in [5.74, 6) is -0.752. The van der Waals surface area contributed by atoms with Crippen LogP contribution in [0, 0.1) is 13.8 Å². The lowest BCUT2D eigenvalue weighted by atomic mass is 10.0. The third-order valence-electron chi connectivity index (χ3n) is 5.56. The Bertz CT molecular complexity index is 1140. The summed E-state index contributed by atoms with van der Waals surface area (Å²) in [5, 5.41) is 3.67. The topological polar surface area (TPSA) is 80.8 Å². The number of ether oxygens (including phenoxy) is 2. The Hall–Kier alpha value is -2.81. The maximum absolute atomic E-state index is 13.0. The van der Waals surface area contributed by atoms with Crippen molar-refractivity contribution in [2.45, 2.75) is 20.4 Å². The smallest absolute Gasteiger partial charge is 0.350 e. The molecule has 162 valence electrons. The van der Waals surface area contributed by atoms with Crippen LogP contribution in [0.1, 0.15) is 36.9 Å². The van der Waals surface area contributed by atoms with Crippen LogP contribution in [0.15, 0.2) is 30.3 Å². The zero-order valence-corrected chi connectivity index (χ0v) is 18.7. The number of pyridine rings is 1. The summed E-state index contributed by atoms with van der Waals surface area (Å²) in [5.41, 5.74) is 3.88. The minimum Gasteiger partial charge on any atom is -0.465 e. The number of thiophene rings is 1. The Morgan fingerprint density at radius 3 is 2.71 bits per heavy atom.